The summed E-state index contributed by atoms with van der Waals surface area (Å²) in [7, 11) is 0. The Morgan fingerprint density at radius 2 is 1.66 bits per heavy atom. The van der Waals surface area contributed by atoms with E-state index in [0.717, 1.165) is 22.4 Å². The van der Waals surface area contributed by atoms with E-state index in [0.29, 0.717) is 37.0 Å². The number of amides is 1. The molecule has 0 spiro atoms. The zero-order valence-electron chi connectivity index (χ0n) is 18.2. The number of nitrogens with zero attached hydrogens (tertiary/aromatic N) is 3. The van der Waals surface area contributed by atoms with Crippen LogP contribution >= 0.6 is 0 Å². The minimum atomic E-state index is -0.0230. The van der Waals surface area contributed by atoms with Crippen molar-refractivity contribution < 1.29 is 14.1 Å². The van der Waals surface area contributed by atoms with Crippen molar-refractivity contribution in [1.29, 1.82) is 0 Å². The summed E-state index contributed by atoms with van der Waals surface area (Å²) in [6.45, 7) is 5.41. The first kappa shape index (κ1) is 21.3. The normalized spacial score (nSPS) is 10.7. The second kappa shape index (κ2) is 9.92. The molecule has 0 bridgehead atoms. The van der Waals surface area contributed by atoms with Gasteiger partial charge < -0.3 is 14.2 Å². The standard InChI is InChI=1S/C26H25N3O3/c1-3-29(26(30)23-13-11-22(12-14-23)25-27-19(2)28-32-25)17-20-9-15-24(16-10-20)31-18-21-7-5-4-6-8-21/h4-16H,3,17-18H2,1-2H3. The maximum absolute atomic E-state index is 13.0. The highest BCUT2D eigenvalue weighted by Crippen LogP contribution is 2.20. The smallest absolute Gasteiger partial charge is 0.257 e. The van der Waals surface area contributed by atoms with Gasteiger partial charge >= 0.3 is 0 Å². The summed E-state index contributed by atoms with van der Waals surface area (Å²) in [6.07, 6.45) is 0. The van der Waals surface area contributed by atoms with Crippen LogP contribution in [0.4, 0.5) is 0 Å². The van der Waals surface area contributed by atoms with E-state index >= 15 is 0 Å². The van der Waals surface area contributed by atoms with Crippen molar-refractivity contribution in [3.05, 3.63) is 101 Å². The fraction of sp³-hybridized carbons (Fsp3) is 0.192. The summed E-state index contributed by atoms with van der Waals surface area (Å²) in [6, 6.07) is 25.2. The van der Waals surface area contributed by atoms with E-state index in [1.54, 1.807) is 19.1 Å². The fourth-order valence-electron chi connectivity index (χ4n) is 3.33. The highest BCUT2D eigenvalue weighted by molar-refractivity contribution is 5.94. The second-order valence-electron chi connectivity index (χ2n) is 7.46. The van der Waals surface area contributed by atoms with Gasteiger partial charge in [-0.1, -0.05) is 47.6 Å². The van der Waals surface area contributed by atoms with Gasteiger partial charge in [-0.25, -0.2) is 0 Å². The zero-order valence-corrected chi connectivity index (χ0v) is 18.2. The molecule has 6 heteroatoms. The Balaban J connectivity index is 1.37. The summed E-state index contributed by atoms with van der Waals surface area (Å²) in [5, 5.41) is 3.80. The van der Waals surface area contributed by atoms with Gasteiger partial charge in [0.1, 0.15) is 12.4 Å². The molecular weight excluding hydrogens is 402 g/mol. The molecule has 0 atom stereocenters. The number of aryl methyl sites for hydroxylation is 1. The van der Waals surface area contributed by atoms with Crippen LogP contribution in [0.3, 0.4) is 0 Å². The van der Waals surface area contributed by atoms with Crippen LogP contribution in [0.25, 0.3) is 11.5 Å². The number of hydrogen-bond acceptors (Lipinski definition) is 5. The molecule has 162 valence electrons. The molecule has 0 aliphatic carbocycles. The lowest BCUT2D eigenvalue weighted by Gasteiger charge is -2.21. The quantitative estimate of drug-likeness (QED) is 0.382. The summed E-state index contributed by atoms with van der Waals surface area (Å²) in [4.78, 5) is 19.0. The van der Waals surface area contributed by atoms with Crippen molar-refractivity contribution in [2.75, 3.05) is 6.54 Å². The molecule has 1 amide bonds. The van der Waals surface area contributed by atoms with Crippen molar-refractivity contribution in [3.63, 3.8) is 0 Å². The van der Waals surface area contributed by atoms with E-state index in [9.17, 15) is 4.79 Å². The lowest BCUT2D eigenvalue weighted by molar-refractivity contribution is 0.0752. The molecule has 6 nitrogen and oxygen atoms in total. The van der Waals surface area contributed by atoms with E-state index in [2.05, 4.69) is 10.1 Å². The van der Waals surface area contributed by atoms with Crippen molar-refractivity contribution in [1.82, 2.24) is 15.0 Å². The Kier molecular flexibility index (Phi) is 6.60. The number of rotatable bonds is 8. The SMILES string of the molecule is CCN(Cc1ccc(OCc2ccccc2)cc1)C(=O)c1ccc(-c2nc(C)no2)cc1. The molecule has 0 aliphatic rings. The predicted molar refractivity (Wildman–Crippen MR) is 122 cm³/mol. The third-order valence-corrected chi connectivity index (χ3v) is 5.12. The second-order valence-corrected chi connectivity index (χ2v) is 7.46. The van der Waals surface area contributed by atoms with Crippen molar-refractivity contribution in [2.24, 2.45) is 0 Å². The van der Waals surface area contributed by atoms with Crippen molar-refractivity contribution in [2.45, 2.75) is 27.0 Å². The molecule has 0 fully saturated rings. The molecule has 32 heavy (non-hydrogen) atoms. The topological polar surface area (TPSA) is 68.5 Å². The first-order valence-electron chi connectivity index (χ1n) is 10.6. The van der Waals surface area contributed by atoms with E-state index in [1.165, 1.54) is 0 Å². The van der Waals surface area contributed by atoms with E-state index in [1.807, 2.05) is 78.6 Å². The van der Waals surface area contributed by atoms with Gasteiger partial charge in [0.2, 0.25) is 0 Å². The molecule has 3 aromatic carbocycles. The molecule has 0 unspecified atom stereocenters. The Hall–Kier alpha value is -3.93. The third-order valence-electron chi connectivity index (χ3n) is 5.12. The van der Waals surface area contributed by atoms with Gasteiger partial charge in [0, 0.05) is 24.2 Å². The van der Waals surface area contributed by atoms with Crippen LogP contribution in [0.2, 0.25) is 0 Å². The Labute approximate surface area is 187 Å². The average molecular weight is 428 g/mol. The zero-order chi connectivity index (χ0) is 22.3. The van der Waals surface area contributed by atoms with Gasteiger partial charge in [-0.2, -0.15) is 4.98 Å². The van der Waals surface area contributed by atoms with Crippen LogP contribution in [0, 0.1) is 6.92 Å². The average Bonchev–Trinajstić information content (AvgIpc) is 3.28. The number of benzene rings is 3. The van der Waals surface area contributed by atoms with Gasteiger partial charge in [0.15, 0.2) is 5.82 Å². The Bertz CT molecular complexity index is 1150. The lowest BCUT2D eigenvalue weighted by Crippen LogP contribution is -2.30. The van der Waals surface area contributed by atoms with Gasteiger partial charge in [0.05, 0.1) is 0 Å². The molecular formula is C26H25N3O3. The third kappa shape index (κ3) is 5.21. The van der Waals surface area contributed by atoms with Crippen LogP contribution in [-0.2, 0) is 13.2 Å². The molecule has 0 radical (unpaired) electrons. The maximum atomic E-state index is 13.0. The predicted octanol–water partition coefficient (Wildman–Crippen LogP) is 5.29. The van der Waals surface area contributed by atoms with E-state index in [4.69, 9.17) is 9.26 Å². The van der Waals surface area contributed by atoms with Crippen LogP contribution in [0.5, 0.6) is 5.75 Å². The first-order valence-corrected chi connectivity index (χ1v) is 10.6. The monoisotopic (exact) mass is 427 g/mol. The lowest BCUT2D eigenvalue weighted by atomic mass is 10.1. The highest BCUT2D eigenvalue weighted by atomic mass is 16.5. The highest BCUT2D eigenvalue weighted by Gasteiger charge is 2.15. The number of hydrogen-bond donors (Lipinski definition) is 0. The van der Waals surface area contributed by atoms with Gasteiger partial charge in [-0.05, 0) is 61.4 Å². The molecule has 0 aliphatic heterocycles. The summed E-state index contributed by atoms with van der Waals surface area (Å²) in [5.41, 5.74) is 3.58. The molecule has 0 saturated carbocycles. The fourth-order valence-corrected chi connectivity index (χ4v) is 3.33. The number of carbonyl (C=O) groups excluding carboxylic acids is 1. The van der Waals surface area contributed by atoms with E-state index in [-0.39, 0.29) is 5.91 Å². The largest absolute Gasteiger partial charge is 0.489 e. The maximum Gasteiger partial charge on any atom is 0.257 e. The summed E-state index contributed by atoms with van der Waals surface area (Å²) < 4.78 is 11.0. The van der Waals surface area contributed by atoms with Gasteiger partial charge in [0.25, 0.3) is 11.8 Å². The van der Waals surface area contributed by atoms with Crippen LogP contribution in [0.1, 0.15) is 34.2 Å². The summed E-state index contributed by atoms with van der Waals surface area (Å²) >= 11 is 0. The molecule has 1 heterocycles. The molecule has 4 rings (SSSR count). The number of ether oxygens (including phenoxy) is 1. The first-order chi connectivity index (χ1) is 15.6. The van der Waals surface area contributed by atoms with Crippen molar-refractivity contribution >= 4 is 5.91 Å². The Morgan fingerprint density at radius 3 is 2.28 bits per heavy atom. The minimum absolute atomic E-state index is 0.0230. The van der Waals surface area contributed by atoms with Gasteiger partial charge in [-0.3, -0.25) is 4.79 Å². The summed E-state index contributed by atoms with van der Waals surface area (Å²) in [5.74, 6) is 1.81. The Morgan fingerprint density at radius 1 is 0.938 bits per heavy atom. The van der Waals surface area contributed by atoms with Crippen LogP contribution in [0.15, 0.2) is 83.4 Å². The van der Waals surface area contributed by atoms with Crippen LogP contribution < -0.4 is 4.74 Å². The molecule has 0 N–H and O–H groups in total. The number of aromatic nitrogens is 2. The number of carbonyl (C=O) groups is 1. The van der Waals surface area contributed by atoms with E-state index < -0.39 is 0 Å². The van der Waals surface area contributed by atoms with Crippen molar-refractivity contribution in [3.8, 4) is 17.2 Å². The van der Waals surface area contributed by atoms with Gasteiger partial charge in [-0.15, -0.1) is 0 Å². The molecule has 4 aromatic rings. The molecule has 1 aromatic heterocycles. The van der Waals surface area contributed by atoms with Crippen LogP contribution in [-0.4, -0.2) is 27.5 Å². The molecule has 0 saturated heterocycles. The minimum Gasteiger partial charge on any atom is -0.489 e.